The van der Waals surface area contributed by atoms with Crippen molar-refractivity contribution in [1.82, 2.24) is 9.38 Å². The van der Waals surface area contributed by atoms with Crippen LogP contribution in [0.3, 0.4) is 0 Å². The SMILES string of the molecule is Cc1occc1C(=O)Nc1ccc(-c2cn3ccccc3n2)cc1. The number of fused-ring (bicyclic) bond motifs is 1. The fraction of sp³-hybridized carbons (Fsp3) is 0.0526. The smallest absolute Gasteiger partial charge is 0.259 e. The van der Waals surface area contributed by atoms with Gasteiger partial charge in [0.25, 0.3) is 5.91 Å². The highest BCUT2D eigenvalue weighted by atomic mass is 16.3. The first kappa shape index (κ1) is 14.3. The summed E-state index contributed by atoms with van der Waals surface area (Å²) in [5, 5.41) is 2.87. The topological polar surface area (TPSA) is 59.5 Å². The van der Waals surface area contributed by atoms with Gasteiger partial charge in [0.2, 0.25) is 0 Å². The highest BCUT2D eigenvalue weighted by Gasteiger charge is 2.11. The van der Waals surface area contributed by atoms with Crippen LogP contribution in [0.2, 0.25) is 0 Å². The van der Waals surface area contributed by atoms with Gasteiger partial charge in [-0.05, 0) is 37.3 Å². The average molecular weight is 317 g/mol. The van der Waals surface area contributed by atoms with Crippen molar-refractivity contribution in [1.29, 1.82) is 0 Å². The molecule has 0 spiro atoms. The first-order chi connectivity index (χ1) is 11.7. The molecule has 5 heteroatoms. The molecule has 0 aliphatic carbocycles. The summed E-state index contributed by atoms with van der Waals surface area (Å²) >= 11 is 0. The molecule has 118 valence electrons. The van der Waals surface area contributed by atoms with Crippen molar-refractivity contribution in [2.45, 2.75) is 6.92 Å². The zero-order valence-corrected chi connectivity index (χ0v) is 13.1. The molecule has 0 radical (unpaired) electrons. The number of nitrogens with zero attached hydrogens (tertiary/aromatic N) is 2. The number of aryl methyl sites for hydroxylation is 1. The van der Waals surface area contributed by atoms with Gasteiger partial charge in [-0.25, -0.2) is 4.98 Å². The van der Waals surface area contributed by atoms with Gasteiger partial charge in [0.1, 0.15) is 11.4 Å². The van der Waals surface area contributed by atoms with Gasteiger partial charge < -0.3 is 14.1 Å². The summed E-state index contributed by atoms with van der Waals surface area (Å²) in [7, 11) is 0. The van der Waals surface area contributed by atoms with E-state index in [1.807, 2.05) is 59.3 Å². The minimum atomic E-state index is -0.179. The molecule has 3 heterocycles. The summed E-state index contributed by atoms with van der Waals surface area (Å²) in [5.74, 6) is 0.426. The zero-order valence-electron chi connectivity index (χ0n) is 13.1. The summed E-state index contributed by atoms with van der Waals surface area (Å²) in [6, 6.07) is 15.2. The van der Waals surface area contributed by atoms with E-state index in [0.717, 1.165) is 22.6 Å². The highest BCUT2D eigenvalue weighted by molar-refractivity contribution is 6.04. The molecule has 0 bridgehead atoms. The van der Waals surface area contributed by atoms with Gasteiger partial charge in [-0.3, -0.25) is 4.79 Å². The second-order valence-corrected chi connectivity index (χ2v) is 5.51. The fourth-order valence-electron chi connectivity index (χ4n) is 2.62. The van der Waals surface area contributed by atoms with E-state index in [9.17, 15) is 4.79 Å². The second-order valence-electron chi connectivity index (χ2n) is 5.51. The molecule has 0 saturated carbocycles. The summed E-state index contributed by atoms with van der Waals surface area (Å²) in [5.41, 5.74) is 4.06. The molecule has 4 aromatic rings. The third-order valence-corrected chi connectivity index (χ3v) is 3.91. The third kappa shape index (κ3) is 2.56. The first-order valence-corrected chi connectivity index (χ1v) is 7.60. The Morgan fingerprint density at radius 1 is 1.12 bits per heavy atom. The lowest BCUT2D eigenvalue weighted by Crippen LogP contribution is -2.11. The molecular formula is C19H15N3O2. The zero-order chi connectivity index (χ0) is 16.5. The number of nitrogens with one attached hydrogen (secondary N) is 1. The lowest BCUT2D eigenvalue weighted by molar-refractivity contribution is 0.102. The van der Waals surface area contributed by atoms with Gasteiger partial charge in [-0.1, -0.05) is 18.2 Å². The lowest BCUT2D eigenvalue weighted by atomic mass is 10.1. The summed E-state index contributed by atoms with van der Waals surface area (Å²) < 4.78 is 7.14. The van der Waals surface area contributed by atoms with E-state index < -0.39 is 0 Å². The molecular weight excluding hydrogens is 302 g/mol. The minimum Gasteiger partial charge on any atom is -0.469 e. The minimum absolute atomic E-state index is 0.179. The third-order valence-electron chi connectivity index (χ3n) is 3.91. The number of hydrogen-bond acceptors (Lipinski definition) is 3. The quantitative estimate of drug-likeness (QED) is 0.617. The van der Waals surface area contributed by atoms with Gasteiger partial charge >= 0.3 is 0 Å². The molecule has 5 nitrogen and oxygen atoms in total. The number of hydrogen-bond donors (Lipinski definition) is 1. The Labute approximate surface area is 138 Å². The number of aromatic nitrogens is 2. The van der Waals surface area contributed by atoms with E-state index >= 15 is 0 Å². The molecule has 0 atom stereocenters. The molecule has 3 aromatic heterocycles. The van der Waals surface area contributed by atoms with E-state index in [4.69, 9.17) is 4.42 Å². The summed E-state index contributed by atoms with van der Waals surface area (Å²) in [6.07, 6.45) is 5.46. The van der Waals surface area contributed by atoms with Crippen LogP contribution >= 0.6 is 0 Å². The van der Waals surface area contributed by atoms with Crippen LogP contribution in [-0.2, 0) is 0 Å². The van der Waals surface area contributed by atoms with Crippen molar-refractivity contribution >= 4 is 17.2 Å². The maximum absolute atomic E-state index is 12.2. The molecule has 1 N–H and O–H groups in total. The van der Waals surface area contributed by atoms with Gasteiger partial charge in [0.15, 0.2) is 0 Å². The van der Waals surface area contributed by atoms with E-state index in [-0.39, 0.29) is 5.91 Å². The first-order valence-electron chi connectivity index (χ1n) is 7.60. The Morgan fingerprint density at radius 3 is 2.67 bits per heavy atom. The highest BCUT2D eigenvalue weighted by Crippen LogP contribution is 2.22. The number of amides is 1. The van der Waals surface area contributed by atoms with Gasteiger partial charge in [0.05, 0.1) is 17.5 Å². The standard InChI is InChI=1S/C19H15N3O2/c1-13-16(9-11-24-13)19(23)20-15-7-5-14(6-8-15)17-12-22-10-3-2-4-18(22)21-17/h2-12H,1H3,(H,20,23). The van der Waals surface area contributed by atoms with Gasteiger partial charge in [-0.2, -0.15) is 0 Å². The maximum atomic E-state index is 12.2. The number of benzene rings is 1. The van der Waals surface area contributed by atoms with E-state index in [0.29, 0.717) is 11.3 Å². The van der Waals surface area contributed by atoms with Crippen LogP contribution in [0.1, 0.15) is 16.1 Å². The van der Waals surface area contributed by atoms with Crippen molar-refractivity contribution in [3.8, 4) is 11.3 Å². The monoisotopic (exact) mass is 317 g/mol. The maximum Gasteiger partial charge on any atom is 0.259 e. The van der Waals surface area contributed by atoms with Crippen molar-refractivity contribution < 1.29 is 9.21 Å². The number of pyridine rings is 1. The molecule has 24 heavy (non-hydrogen) atoms. The molecule has 1 aromatic carbocycles. The average Bonchev–Trinajstić information content (AvgIpc) is 3.21. The van der Waals surface area contributed by atoms with Crippen molar-refractivity contribution in [2.75, 3.05) is 5.32 Å². The van der Waals surface area contributed by atoms with E-state index in [1.165, 1.54) is 6.26 Å². The van der Waals surface area contributed by atoms with E-state index in [2.05, 4.69) is 10.3 Å². The Bertz CT molecular complexity index is 979. The van der Waals surface area contributed by atoms with Crippen LogP contribution in [0, 0.1) is 6.92 Å². The fourth-order valence-corrected chi connectivity index (χ4v) is 2.62. The van der Waals surface area contributed by atoms with Crippen LogP contribution in [0.15, 0.2) is 71.6 Å². The molecule has 0 fully saturated rings. The normalized spacial score (nSPS) is 10.9. The van der Waals surface area contributed by atoms with Crippen molar-refractivity contribution in [3.63, 3.8) is 0 Å². The number of furan rings is 1. The van der Waals surface area contributed by atoms with Gasteiger partial charge in [0, 0.05) is 23.6 Å². The van der Waals surface area contributed by atoms with E-state index in [1.54, 1.807) is 13.0 Å². The molecule has 0 saturated heterocycles. The number of carbonyl (C=O) groups is 1. The Hall–Kier alpha value is -3.34. The number of imidazole rings is 1. The number of rotatable bonds is 3. The van der Waals surface area contributed by atoms with Crippen LogP contribution in [0.5, 0.6) is 0 Å². The van der Waals surface area contributed by atoms with Crippen LogP contribution in [0.4, 0.5) is 5.69 Å². The lowest BCUT2D eigenvalue weighted by Gasteiger charge is -2.05. The largest absolute Gasteiger partial charge is 0.469 e. The summed E-state index contributed by atoms with van der Waals surface area (Å²) in [6.45, 7) is 1.77. The molecule has 0 aliphatic heterocycles. The predicted octanol–water partition coefficient (Wildman–Crippen LogP) is 4.16. The molecule has 1 amide bonds. The number of anilines is 1. The molecule has 4 rings (SSSR count). The second kappa shape index (κ2) is 5.70. The van der Waals surface area contributed by atoms with Crippen LogP contribution < -0.4 is 5.32 Å². The Kier molecular flexibility index (Phi) is 3.39. The van der Waals surface area contributed by atoms with Crippen molar-refractivity contribution in [3.05, 3.63) is 78.5 Å². The Morgan fingerprint density at radius 2 is 1.96 bits per heavy atom. The number of carbonyl (C=O) groups excluding carboxylic acids is 1. The van der Waals surface area contributed by atoms with Gasteiger partial charge in [-0.15, -0.1) is 0 Å². The summed E-state index contributed by atoms with van der Waals surface area (Å²) in [4.78, 5) is 16.8. The molecule has 0 aliphatic rings. The molecule has 0 unspecified atom stereocenters. The Balaban J connectivity index is 1.56. The van der Waals surface area contributed by atoms with Crippen molar-refractivity contribution in [2.24, 2.45) is 0 Å². The van der Waals surface area contributed by atoms with Crippen LogP contribution in [0.25, 0.3) is 16.9 Å². The predicted molar refractivity (Wildman–Crippen MR) is 92.0 cm³/mol. The van der Waals surface area contributed by atoms with Crippen LogP contribution in [-0.4, -0.2) is 15.3 Å².